The standard InChI is InChI=1S/C10H21N2O2.3C4H9.Sn/c1-5-12(8-6-7-11)9(13)14-10(2,3)4;3*1-3-4-2;/h1,5-8,11H2,2-4H3;3*1,3-4H2,2H3;. The molecule has 0 rings (SSSR count). The first-order valence-corrected chi connectivity index (χ1v) is 19.5. The number of unbranched alkanes of at least 4 members (excludes halogenated alkanes) is 3. The Balaban J connectivity index is 5.18. The molecule has 0 spiro atoms. The predicted molar refractivity (Wildman–Crippen MR) is 121 cm³/mol. The third-order valence-electron chi connectivity index (χ3n) is 5.38. The fourth-order valence-electron chi connectivity index (χ4n) is 3.68. The van der Waals surface area contributed by atoms with E-state index in [1.54, 1.807) is 0 Å². The van der Waals surface area contributed by atoms with Crippen molar-refractivity contribution >= 4 is 24.5 Å². The van der Waals surface area contributed by atoms with E-state index < -0.39 is 24.0 Å². The van der Waals surface area contributed by atoms with Gasteiger partial charge in [-0.3, -0.25) is 0 Å². The normalized spacial score (nSPS) is 12.3. The molecule has 162 valence electrons. The molecule has 0 aromatic heterocycles. The zero-order valence-corrected chi connectivity index (χ0v) is 22.1. The Hall–Kier alpha value is 0.0287. The maximum atomic E-state index is 12.7. The van der Waals surface area contributed by atoms with E-state index in [0.717, 1.165) is 19.5 Å². The summed E-state index contributed by atoms with van der Waals surface area (Å²) in [4.78, 5) is 14.7. The van der Waals surface area contributed by atoms with Gasteiger partial charge in [0.25, 0.3) is 0 Å². The molecule has 1 amide bonds. The van der Waals surface area contributed by atoms with Gasteiger partial charge < -0.3 is 0 Å². The fourth-order valence-corrected chi connectivity index (χ4v) is 19.5. The topological polar surface area (TPSA) is 55.6 Å². The van der Waals surface area contributed by atoms with Crippen LogP contribution in [-0.2, 0) is 4.74 Å². The molecule has 0 bridgehead atoms. The molecule has 0 aromatic rings. The van der Waals surface area contributed by atoms with E-state index in [0.29, 0.717) is 6.54 Å². The molecule has 2 N–H and O–H groups in total. The number of nitrogens with two attached hydrogens (primary N) is 1. The summed E-state index contributed by atoms with van der Waals surface area (Å²) in [5.41, 5.74) is 5.28. The molecule has 0 aliphatic heterocycles. The molecule has 27 heavy (non-hydrogen) atoms. The molecule has 5 heteroatoms. The van der Waals surface area contributed by atoms with Crippen molar-refractivity contribution in [2.24, 2.45) is 5.73 Å². The van der Waals surface area contributed by atoms with E-state index in [4.69, 9.17) is 10.5 Å². The molecule has 4 nitrogen and oxygen atoms in total. The SMILES string of the molecule is CCC[CH2][Sn]([CH2]CCC)([CH2]CCC)[CH2]CN(CCCN)C(=O)OC(C)(C)C. The first-order chi connectivity index (χ1) is 12.7. The van der Waals surface area contributed by atoms with Crippen molar-refractivity contribution in [3.8, 4) is 0 Å². The molecule has 0 aromatic carbocycles. The Morgan fingerprint density at radius 1 is 0.852 bits per heavy atom. The van der Waals surface area contributed by atoms with E-state index >= 15 is 0 Å². The van der Waals surface area contributed by atoms with Gasteiger partial charge in [-0.25, -0.2) is 0 Å². The van der Waals surface area contributed by atoms with E-state index in [1.807, 2.05) is 25.7 Å². The summed E-state index contributed by atoms with van der Waals surface area (Å²) < 4.78 is 11.4. The van der Waals surface area contributed by atoms with Gasteiger partial charge in [-0.15, -0.1) is 0 Å². The van der Waals surface area contributed by atoms with Crippen LogP contribution >= 0.6 is 0 Å². The van der Waals surface area contributed by atoms with Crippen LogP contribution in [0, 0.1) is 0 Å². The summed E-state index contributed by atoms with van der Waals surface area (Å²) in [6.07, 6.45) is 8.69. The number of hydrogen-bond acceptors (Lipinski definition) is 3. The molecule has 0 saturated carbocycles. The van der Waals surface area contributed by atoms with Crippen LogP contribution in [0.2, 0.25) is 17.7 Å². The minimum absolute atomic E-state index is 0.155. The summed E-state index contributed by atoms with van der Waals surface area (Å²) in [5, 5.41) is 0. The number of amides is 1. The summed E-state index contributed by atoms with van der Waals surface area (Å²) in [6.45, 7) is 15.0. The van der Waals surface area contributed by atoms with Crippen LogP contribution < -0.4 is 5.73 Å². The fraction of sp³-hybridized carbons (Fsp3) is 0.955. The molecule has 0 saturated heterocycles. The van der Waals surface area contributed by atoms with Crippen LogP contribution in [0.25, 0.3) is 0 Å². The molecule has 0 radical (unpaired) electrons. The second kappa shape index (κ2) is 14.9. The number of ether oxygens (including phenoxy) is 1. The van der Waals surface area contributed by atoms with Crippen molar-refractivity contribution in [2.45, 2.75) is 110 Å². The van der Waals surface area contributed by atoms with Gasteiger partial charge in [0.15, 0.2) is 0 Å². The summed E-state index contributed by atoms with van der Waals surface area (Å²) in [5.74, 6) is 0. The van der Waals surface area contributed by atoms with Crippen LogP contribution in [0.4, 0.5) is 4.79 Å². The van der Waals surface area contributed by atoms with Crippen molar-refractivity contribution in [3.05, 3.63) is 0 Å². The number of carbonyl (C=O) groups is 1. The second-order valence-corrected chi connectivity index (χ2v) is 23.4. The van der Waals surface area contributed by atoms with Crippen molar-refractivity contribution in [1.82, 2.24) is 4.90 Å². The average Bonchev–Trinajstić information content (AvgIpc) is 2.61. The zero-order chi connectivity index (χ0) is 20.8. The Bertz CT molecular complexity index is 361. The van der Waals surface area contributed by atoms with Gasteiger partial charge >= 0.3 is 174 Å². The predicted octanol–water partition coefficient (Wildman–Crippen LogP) is 6.42. The molecule has 0 fully saturated rings. The quantitative estimate of drug-likeness (QED) is 0.269. The summed E-state index contributed by atoms with van der Waals surface area (Å²) in [7, 11) is 0. The molecule has 0 atom stereocenters. The Morgan fingerprint density at radius 3 is 1.70 bits per heavy atom. The van der Waals surface area contributed by atoms with Crippen molar-refractivity contribution in [1.29, 1.82) is 0 Å². The molecule has 0 aliphatic carbocycles. The van der Waals surface area contributed by atoms with Crippen molar-refractivity contribution in [3.63, 3.8) is 0 Å². The number of nitrogens with zero attached hydrogens (tertiary/aromatic N) is 1. The van der Waals surface area contributed by atoms with E-state index in [2.05, 4.69) is 20.8 Å². The van der Waals surface area contributed by atoms with Gasteiger partial charge in [0.2, 0.25) is 0 Å². The van der Waals surface area contributed by atoms with Gasteiger partial charge in [0, 0.05) is 0 Å². The first kappa shape index (κ1) is 27.0. The molecule has 0 heterocycles. The molecule has 0 unspecified atom stereocenters. The average molecular weight is 491 g/mol. The van der Waals surface area contributed by atoms with Gasteiger partial charge in [0.1, 0.15) is 0 Å². The van der Waals surface area contributed by atoms with Gasteiger partial charge in [-0.05, 0) is 0 Å². The maximum absolute atomic E-state index is 12.7. The molecule has 0 aliphatic rings. The molecular weight excluding hydrogens is 443 g/mol. The van der Waals surface area contributed by atoms with Gasteiger partial charge in [0.05, 0.1) is 0 Å². The van der Waals surface area contributed by atoms with Crippen LogP contribution in [-0.4, -0.2) is 54.6 Å². The number of hydrogen-bond donors (Lipinski definition) is 1. The molecular formula is C22H48N2O2Sn. The van der Waals surface area contributed by atoms with Gasteiger partial charge in [-0.1, -0.05) is 0 Å². The second-order valence-electron chi connectivity index (χ2n) is 9.17. The number of carbonyl (C=O) groups excluding carboxylic acids is 1. The van der Waals surface area contributed by atoms with E-state index in [-0.39, 0.29) is 6.09 Å². The summed E-state index contributed by atoms with van der Waals surface area (Å²) >= 11 is -2.22. The van der Waals surface area contributed by atoms with Crippen LogP contribution in [0.15, 0.2) is 0 Å². The number of rotatable bonds is 15. The first-order valence-electron chi connectivity index (χ1n) is 11.4. The van der Waals surface area contributed by atoms with E-state index in [9.17, 15) is 4.79 Å². The third kappa shape index (κ3) is 13.0. The van der Waals surface area contributed by atoms with Crippen LogP contribution in [0.5, 0.6) is 0 Å². The van der Waals surface area contributed by atoms with Crippen LogP contribution in [0.1, 0.15) is 86.5 Å². The van der Waals surface area contributed by atoms with Crippen molar-refractivity contribution < 1.29 is 9.53 Å². The summed E-state index contributed by atoms with van der Waals surface area (Å²) in [6, 6.07) is 0. The zero-order valence-electron chi connectivity index (χ0n) is 19.2. The Kier molecular flexibility index (Phi) is 15.0. The third-order valence-corrected chi connectivity index (χ3v) is 21.2. The minimum atomic E-state index is -2.22. The Labute approximate surface area is 173 Å². The van der Waals surface area contributed by atoms with Crippen LogP contribution in [0.3, 0.4) is 0 Å². The Morgan fingerprint density at radius 2 is 1.33 bits per heavy atom. The monoisotopic (exact) mass is 492 g/mol. The van der Waals surface area contributed by atoms with Gasteiger partial charge in [-0.2, -0.15) is 0 Å². The van der Waals surface area contributed by atoms with Crippen molar-refractivity contribution in [2.75, 3.05) is 19.6 Å². The van der Waals surface area contributed by atoms with E-state index in [1.165, 1.54) is 56.3 Å².